The molecule has 0 radical (unpaired) electrons. The number of likely N-dealkylation sites (tertiary alicyclic amines) is 1. The molecule has 1 aliphatic heterocycles. The fourth-order valence-electron chi connectivity index (χ4n) is 3.30. The van der Waals surface area contributed by atoms with E-state index in [-0.39, 0.29) is 5.56 Å². The van der Waals surface area contributed by atoms with Crippen molar-refractivity contribution in [3.63, 3.8) is 0 Å². The normalized spacial score (nSPS) is 18.7. The molecule has 6 heteroatoms. The molecule has 3 heterocycles. The standard InChI is InChI=1S/C15H18N4O2/c20-15-4-13-2-1-3-14(13)17-19(15)9-12-7-18(8-12)6-11-5-16-21-10-11/h4-5,10,12H,1-3,6-9H2. The number of nitrogens with zero attached hydrogens (tertiary/aromatic N) is 4. The molecule has 4 rings (SSSR count). The van der Waals surface area contributed by atoms with Crippen LogP contribution in [0, 0.1) is 5.92 Å². The summed E-state index contributed by atoms with van der Waals surface area (Å²) in [4.78, 5) is 14.4. The highest BCUT2D eigenvalue weighted by molar-refractivity contribution is 5.22. The van der Waals surface area contributed by atoms with Gasteiger partial charge < -0.3 is 4.52 Å². The summed E-state index contributed by atoms with van der Waals surface area (Å²) in [5.74, 6) is 0.509. The molecule has 0 spiro atoms. The number of aromatic nitrogens is 3. The van der Waals surface area contributed by atoms with E-state index in [0.29, 0.717) is 5.92 Å². The third-order valence-electron chi connectivity index (χ3n) is 4.38. The molecule has 0 unspecified atom stereocenters. The van der Waals surface area contributed by atoms with Crippen molar-refractivity contribution in [2.45, 2.75) is 32.4 Å². The maximum atomic E-state index is 12.1. The van der Waals surface area contributed by atoms with Crippen molar-refractivity contribution in [2.24, 2.45) is 5.92 Å². The van der Waals surface area contributed by atoms with E-state index in [1.165, 1.54) is 0 Å². The van der Waals surface area contributed by atoms with Crippen molar-refractivity contribution in [2.75, 3.05) is 13.1 Å². The van der Waals surface area contributed by atoms with E-state index in [2.05, 4.69) is 15.2 Å². The van der Waals surface area contributed by atoms with Gasteiger partial charge in [-0.25, -0.2) is 4.68 Å². The van der Waals surface area contributed by atoms with E-state index < -0.39 is 0 Å². The van der Waals surface area contributed by atoms with E-state index in [1.54, 1.807) is 23.2 Å². The maximum absolute atomic E-state index is 12.1. The third kappa shape index (κ3) is 2.51. The van der Waals surface area contributed by atoms with Crippen LogP contribution in [0.25, 0.3) is 0 Å². The van der Waals surface area contributed by atoms with Gasteiger partial charge in [0.1, 0.15) is 6.26 Å². The first-order chi connectivity index (χ1) is 10.3. The third-order valence-corrected chi connectivity index (χ3v) is 4.38. The summed E-state index contributed by atoms with van der Waals surface area (Å²) in [6.07, 6.45) is 6.58. The highest BCUT2D eigenvalue weighted by Crippen LogP contribution is 2.21. The van der Waals surface area contributed by atoms with Gasteiger partial charge >= 0.3 is 0 Å². The van der Waals surface area contributed by atoms with E-state index >= 15 is 0 Å². The molecule has 0 saturated carbocycles. The van der Waals surface area contributed by atoms with Gasteiger partial charge in [0.25, 0.3) is 5.56 Å². The molecule has 1 fully saturated rings. The van der Waals surface area contributed by atoms with Crippen LogP contribution in [-0.2, 0) is 25.9 Å². The van der Waals surface area contributed by atoms with Gasteiger partial charge in [-0.3, -0.25) is 9.69 Å². The van der Waals surface area contributed by atoms with Gasteiger partial charge in [0.2, 0.25) is 0 Å². The second kappa shape index (κ2) is 5.11. The topological polar surface area (TPSA) is 64.2 Å². The minimum absolute atomic E-state index is 0.0492. The summed E-state index contributed by atoms with van der Waals surface area (Å²) >= 11 is 0. The number of rotatable bonds is 4. The minimum atomic E-state index is 0.0492. The van der Waals surface area contributed by atoms with Gasteiger partial charge in [-0.05, 0) is 24.8 Å². The van der Waals surface area contributed by atoms with Crippen LogP contribution >= 0.6 is 0 Å². The number of hydrogen-bond donors (Lipinski definition) is 0. The van der Waals surface area contributed by atoms with Crippen LogP contribution in [0.2, 0.25) is 0 Å². The smallest absolute Gasteiger partial charge is 0.267 e. The van der Waals surface area contributed by atoms with Crippen LogP contribution < -0.4 is 5.56 Å². The van der Waals surface area contributed by atoms with E-state index in [1.807, 2.05) is 0 Å². The minimum Gasteiger partial charge on any atom is -0.364 e. The van der Waals surface area contributed by atoms with Crippen LogP contribution in [0.5, 0.6) is 0 Å². The summed E-state index contributed by atoms with van der Waals surface area (Å²) in [7, 11) is 0. The molecule has 1 aliphatic carbocycles. The molecule has 2 aliphatic rings. The predicted octanol–water partition coefficient (Wildman–Crippen LogP) is 0.852. The molecule has 0 amide bonds. The molecule has 0 aromatic carbocycles. The lowest BCUT2D eigenvalue weighted by atomic mass is 10.00. The van der Waals surface area contributed by atoms with Crippen molar-refractivity contribution in [3.05, 3.63) is 45.7 Å². The number of aryl methyl sites for hydroxylation is 2. The van der Waals surface area contributed by atoms with Crippen molar-refractivity contribution in [1.29, 1.82) is 0 Å². The van der Waals surface area contributed by atoms with Crippen LogP contribution in [0.1, 0.15) is 23.2 Å². The highest BCUT2D eigenvalue weighted by atomic mass is 16.5. The summed E-state index contributed by atoms with van der Waals surface area (Å²) in [5, 5.41) is 8.24. The van der Waals surface area contributed by atoms with Gasteiger partial charge in [-0.1, -0.05) is 5.16 Å². The average Bonchev–Trinajstić information content (AvgIpc) is 3.07. The molecule has 6 nitrogen and oxygen atoms in total. The van der Waals surface area contributed by atoms with Gasteiger partial charge in [0.05, 0.1) is 18.4 Å². The molecule has 21 heavy (non-hydrogen) atoms. The lowest BCUT2D eigenvalue weighted by molar-refractivity contribution is 0.0763. The van der Waals surface area contributed by atoms with Crippen molar-refractivity contribution < 1.29 is 4.52 Å². The molecule has 110 valence electrons. The lowest BCUT2D eigenvalue weighted by Crippen LogP contribution is -2.48. The quantitative estimate of drug-likeness (QED) is 0.834. The Hall–Kier alpha value is -1.95. The van der Waals surface area contributed by atoms with Gasteiger partial charge in [0, 0.05) is 37.2 Å². The second-order valence-electron chi connectivity index (χ2n) is 6.08. The Morgan fingerprint density at radius 3 is 3.05 bits per heavy atom. The Balaban J connectivity index is 1.37. The van der Waals surface area contributed by atoms with Crippen molar-refractivity contribution in [3.8, 4) is 0 Å². The van der Waals surface area contributed by atoms with Gasteiger partial charge in [0.15, 0.2) is 0 Å². The van der Waals surface area contributed by atoms with Crippen LogP contribution in [0.3, 0.4) is 0 Å². The predicted molar refractivity (Wildman–Crippen MR) is 75.8 cm³/mol. The van der Waals surface area contributed by atoms with Crippen molar-refractivity contribution >= 4 is 0 Å². The largest absolute Gasteiger partial charge is 0.364 e. The Kier molecular flexibility index (Phi) is 3.11. The van der Waals surface area contributed by atoms with Gasteiger partial charge in [-0.15, -0.1) is 0 Å². The Labute approximate surface area is 122 Å². The molecule has 0 bridgehead atoms. The van der Waals surface area contributed by atoms with E-state index in [0.717, 1.165) is 62.3 Å². The summed E-state index contributed by atoms with van der Waals surface area (Å²) in [5.41, 5.74) is 3.42. The van der Waals surface area contributed by atoms with E-state index in [4.69, 9.17) is 4.52 Å². The Morgan fingerprint density at radius 1 is 1.33 bits per heavy atom. The Bertz CT molecular complexity index is 686. The number of fused-ring (bicyclic) bond motifs is 1. The first-order valence-electron chi connectivity index (χ1n) is 7.48. The second-order valence-corrected chi connectivity index (χ2v) is 6.08. The Morgan fingerprint density at radius 2 is 2.24 bits per heavy atom. The fraction of sp³-hybridized carbons (Fsp3) is 0.533. The molecule has 1 saturated heterocycles. The monoisotopic (exact) mass is 286 g/mol. The van der Waals surface area contributed by atoms with Crippen LogP contribution in [-0.4, -0.2) is 32.9 Å². The maximum Gasteiger partial charge on any atom is 0.267 e. The molecule has 2 aromatic heterocycles. The highest BCUT2D eigenvalue weighted by Gasteiger charge is 2.28. The van der Waals surface area contributed by atoms with Gasteiger partial charge in [-0.2, -0.15) is 5.10 Å². The zero-order valence-electron chi connectivity index (χ0n) is 11.9. The molecular weight excluding hydrogens is 268 g/mol. The fourth-order valence-corrected chi connectivity index (χ4v) is 3.30. The van der Waals surface area contributed by atoms with Crippen molar-refractivity contribution in [1.82, 2.24) is 19.8 Å². The summed E-state index contributed by atoms with van der Waals surface area (Å²) < 4.78 is 6.49. The molecule has 0 atom stereocenters. The first-order valence-corrected chi connectivity index (χ1v) is 7.48. The van der Waals surface area contributed by atoms with Crippen LogP contribution in [0.15, 0.2) is 27.8 Å². The molecule has 0 N–H and O–H groups in total. The molecule has 2 aromatic rings. The SMILES string of the molecule is O=c1cc2c(nn1CC1CN(Cc3cnoc3)C1)CCC2. The lowest BCUT2D eigenvalue weighted by Gasteiger charge is -2.38. The first kappa shape index (κ1) is 12.8. The zero-order chi connectivity index (χ0) is 14.2. The average molecular weight is 286 g/mol. The zero-order valence-corrected chi connectivity index (χ0v) is 11.9. The number of hydrogen-bond acceptors (Lipinski definition) is 5. The summed E-state index contributed by atoms with van der Waals surface area (Å²) in [6, 6.07) is 1.78. The molecular formula is C15H18N4O2. The van der Waals surface area contributed by atoms with E-state index in [9.17, 15) is 4.79 Å². The van der Waals surface area contributed by atoms with Crippen LogP contribution in [0.4, 0.5) is 0 Å². The summed E-state index contributed by atoms with van der Waals surface area (Å²) in [6.45, 7) is 3.59.